The Kier molecular flexibility index (Phi) is 4.93. The van der Waals surface area contributed by atoms with Crippen molar-refractivity contribution in [1.29, 1.82) is 0 Å². The largest absolute Gasteiger partial charge is 0.343 e. The van der Waals surface area contributed by atoms with Crippen molar-refractivity contribution in [2.24, 2.45) is 0 Å². The molecule has 0 bridgehead atoms. The molecule has 0 spiro atoms. The highest BCUT2D eigenvalue weighted by Crippen LogP contribution is 2.36. The zero-order chi connectivity index (χ0) is 8.91. The zero-order valence-corrected chi connectivity index (χ0v) is 8.09. The maximum absolute atomic E-state index is 10.7. The number of ether oxygens (including phenoxy) is 2. The maximum atomic E-state index is 10.7. The van der Waals surface area contributed by atoms with Crippen molar-refractivity contribution in [3.05, 3.63) is 0 Å². The Morgan fingerprint density at radius 3 is 1.91 bits per heavy atom. The molecule has 0 aromatic heterocycles. The highest BCUT2D eigenvalue weighted by molar-refractivity contribution is 7.39. The predicted octanol–water partition coefficient (Wildman–Crippen LogP) is 1.20. The monoisotopic (exact) mass is 182 g/mol. The summed E-state index contributed by atoms with van der Waals surface area (Å²) in [5, 5.41) is 0. The van der Waals surface area contributed by atoms with Gasteiger partial charge in [0.05, 0.1) is 0 Å². The topological polar surface area (TPSA) is 55.8 Å². The van der Waals surface area contributed by atoms with E-state index in [9.17, 15) is 4.57 Å². The molecule has 11 heavy (non-hydrogen) atoms. The summed E-state index contributed by atoms with van der Waals surface area (Å²) in [4.78, 5) is 8.83. The number of hydrogen-bond donors (Lipinski definition) is 1. The minimum absolute atomic E-state index is 0.369. The van der Waals surface area contributed by atoms with Crippen LogP contribution in [0.4, 0.5) is 0 Å². The predicted molar refractivity (Wildman–Crippen MR) is 42.9 cm³/mol. The average Bonchev–Trinajstić information content (AvgIpc) is 1.88. The zero-order valence-electron chi connectivity index (χ0n) is 7.09. The van der Waals surface area contributed by atoms with Gasteiger partial charge in [-0.25, -0.2) is 0 Å². The molecule has 1 atom stereocenters. The fraction of sp³-hybridized carbons (Fsp3) is 1.00. The first-order valence-corrected chi connectivity index (χ1v) is 4.93. The Morgan fingerprint density at radius 1 is 1.36 bits per heavy atom. The molecule has 0 fully saturated rings. The smallest absolute Gasteiger partial charge is 0.246 e. The van der Waals surface area contributed by atoms with Gasteiger partial charge in [-0.2, -0.15) is 0 Å². The van der Waals surface area contributed by atoms with Crippen LogP contribution >= 0.6 is 8.03 Å². The second-order valence-electron chi connectivity index (χ2n) is 2.12. The standard InChI is InChI=1S/C6H15O4P/c1-4-9-6(3,10-5-2)11(7)8/h11H,4-5H2,1-3H3,(H,7,8). The molecule has 0 aliphatic rings. The normalized spacial score (nSPS) is 14.9. The molecule has 4 nitrogen and oxygen atoms in total. The Hall–Kier alpha value is 0.110. The van der Waals surface area contributed by atoms with E-state index in [1.54, 1.807) is 13.8 Å². The summed E-state index contributed by atoms with van der Waals surface area (Å²) in [6, 6.07) is 0. The summed E-state index contributed by atoms with van der Waals surface area (Å²) in [6.45, 7) is 5.71. The lowest BCUT2D eigenvalue weighted by Gasteiger charge is -2.25. The van der Waals surface area contributed by atoms with Crippen LogP contribution in [0.25, 0.3) is 0 Å². The van der Waals surface area contributed by atoms with E-state index in [-0.39, 0.29) is 0 Å². The second kappa shape index (κ2) is 4.88. The number of hydrogen-bond acceptors (Lipinski definition) is 3. The lowest BCUT2D eigenvalue weighted by atomic mass is 10.7. The second-order valence-corrected chi connectivity index (χ2v) is 3.64. The van der Waals surface area contributed by atoms with Gasteiger partial charge in [-0.1, -0.05) is 0 Å². The van der Waals surface area contributed by atoms with Crippen LogP contribution in [0.15, 0.2) is 0 Å². The molecule has 0 aromatic carbocycles. The van der Waals surface area contributed by atoms with Crippen molar-refractivity contribution in [1.82, 2.24) is 0 Å². The minimum Gasteiger partial charge on any atom is -0.343 e. The quantitative estimate of drug-likeness (QED) is 0.512. The summed E-state index contributed by atoms with van der Waals surface area (Å²) < 4.78 is 20.7. The molecular formula is C6H15O4P. The first-order valence-electron chi connectivity index (χ1n) is 3.58. The fourth-order valence-corrected chi connectivity index (χ4v) is 1.25. The molecule has 1 N–H and O–H groups in total. The highest BCUT2D eigenvalue weighted by Gasteiger charge is 2.31. The van der Waals surface area contributed by atoms with E-state index in [0.717, 1.165) is 0 Å². The van der Waals surface area contributed by atoms with Gasteiger partial charge in [0, 0.05) is 13.2 Å². The van der Waals surface area contributed by atoms with E-state index in [1.165, 1.54) is 6.92 Å². The van der Waals surface area contributed by atoms with Gasteiger partial charge in [-0.05, 0) is 20.8 Å². The van der Waals surface area contributed by atoms with Crippen molar-refractivity contribution >= 4 is 8.03 Å². The van der Waals surface area contributed by atoms with Gasteiger partial charge in [-0.15, -0.1) is 0 Å². The fourth-order valence-electron chi connectivity index (χ4n) is 0.716. The minimum atomic E-state index is -2.79. The molecule has 0 saturated heterocycles. The Labute approximate surface area is 67.4 Å². The third kappa shape index (κ3) is 3.34. The van der Waals surface area contributed by atoms with Crippen LogP contribution in [0.5, 0.6) is 0 Å². The van der Waals surface area contributed by atoms with Crippen molar-refractivity contribution in [3.8, 4) is 0 Å². The van der Waals surface area contributed by atoms with E-state index in [0.29, 0.717) is 13.2 Å². The van der Waals surface area contributed by atoms with Gasteiger partial charge < -0.3 is 14.4 Å². The van der Waals surface area contributed by atoms with Crippen molar-refractivity contribution in [2.75, 3.05) is 13.2 Å². The van der Waals surface area contributed by atoms with Crippen LogP contribution in [0.2, 0.25) is 0 Å². The first-order chi connectivity index (χ1) is 5.06. The van der Waals surface area contributed by atoms with Crippen molar-refractivity contribution < 1.29 is 18.9 Å². The van der Waals surface area contributed by atoms with Gasteiger partial charge in [0.15, 0.2) is 0 Å². The molecule has 0 saturated carbocycles. The summed E-state index contributed by atoms with van der Waals surface area (Å²) in [5.74, 6) is 0. The van der Waals surface area contributed by atoms with Gasteiger partial charge in [0.2, 0.25) is 13.6 Å². The Morgan fingerprint density at radius 2 is 1.73 bits per heavy atom. The average molecular weight is 182 g/mol. The number of rotatable bonds is 5. The molecule has 0 aromatic rings. The van der Waals surface area contributed by atoms with E-state index < -0.39 is 13.6 Å². The molecule has 68 valence electrons. The van der Waals surface area contributed by atoms with E-state index in [2.05, 4.69) is 0 Å². The van der Waals surface area contributed by atoms with E-state index in [4.69, 9.17) is 14.4 Å². The molecule has 0 radical (unpaired) electrons. The lowest BCUT2D eigenvalue weighted by Crippen LogP contribution is -2.28. The van der Waals surface area contributed by atoms with Gasteiger partial charge in [-0.3, -0.25) is 4.57 Å². The molecule has 0 aliphatic carbocycles. The van der Waals surface area contributed by atoms with Crippen LogP contribution in [-0.4, -0.2) is 23.6 Å². The molecule has 0 aliphatic heterocycles. The summed E-state index contributed by atoms with van der Waals surface area (Å²) >= 11 is 0. The van der Waals surface area contributed by atoms with Crippen LogP contribution in [0.3, 0.4) is 0 Å². The van der Waals surface area contributed by atoms with Crippen molar-refractivity contribution in [2.45, 2.75) is 26.3 Å². The van der Waals surface area contributed by atoms with Gasteiger partial charge in [0.1, 0.15) is 0 Å². The Bertz CT molecular complexity index is 131. The van der Waals surface area contributed by atoms with Crippen LogP contribution < -0.4 is 0 Å². The van der Waals surface area contributed by atoms with Crippen LogP contribution in [-0.2, 0) is 14.0 Å². The first kappa shape index (κ1) is 11.1. The molecule has 5 heteroatoms. The Balaban J connectivity index is 4.13. The van der Waals surface area contributed by atoms with Gasteiger partial charge in [0.25, 0.3) is 0 Å². The summed E-state index contributed by atoms with van der Waals surface area (Å²) in [6.07, 6.45) is 0. The molecule has 0 amide bonds. The van der Waals surface area contributed by atoms with Gasteiger partial charge >= 0.3 is 0 Å². The van der Waals surface area contributed by atoms with Crippen LogP contribution in [0.1, 0.15) is 20.8 Å². The molecule has 1 unspecified atom stereocenters. The highest BCUT2D eigenvalue weighted by atomic mass is 31.1. The SMILES string of the molecule is CCOC(C)(OCC)[PH](=O)O. The summed E-state index contributed by atoms with van der Waals surface area (Å²) in [7, 11) is -2.79. The molecule has 0 heterocycles. The lowest BCUT2D eigenvalue weighted by molar-refractivity contribution is -0.163. The maximum Gasteiger partial charge on any atom is 0.246 e. The molecule has 0 rings (SSSR count). The van der Waals surface area contributed by atoms with E-state index in [1.807, 2.05) is 0 Å². The van der Waals surface area contributed by atoms with Crippen LogP contribution in [0, 0.1) is 0 Å². The van der Waals surface area contributed by atoms with E-state index >= 15 is 0 Å². The summed E-state index contributed by atoms with van der Waals surface area (Å²) in [5.41, 5.74) is -1.30. The third-order valence-electron chi connectivity index (χ3n) is 1.23. The third-order valence-corrected chi connectivity index (χ3v) is 2.29. The molecular weight excluding hydrogens is 167 g/mol. The van der Waals surface area contributed by atoms with Crippen molar-refractivity contribution in [3.63, 3.8) is 0 Å².